The molecular formula is C21H20N4O4S. The van der Waals surface area contributed by atoms with E-state index in [1.54, 1.807) is 38.1 Å². The Morgan fingerprint density at radius 2 is 1.57 bits per heavy atom. The van der Waals surface area contributed by atoms with Gasteiger partial charge in [-0.2, -0.15) is 0 Å². The Morgan fingerprint density at radius 1 is 0.967 bits per heavy atom. The fourth-order valence-electron chi connectivity index (χ4n) is 2.61. The van der Waals surface area contributed by atoms with Gasteiger partial charge in [-0.25, -0.2) is 23.1 Å². The number of amides is 1. The van der Waals surface area contributed by atoms with Gasteiger partial charge in [-0.1, -0.05) is 12.1 Å². The minimum atomic E-state index is -3.86. The zero-order valence-electron chi connectivity index (χ0n) is 16.3. The van der Waals surface area contributed by atoms with Crippen LogP contribution in [-0.2, 0) is 14.8 Å². The zero-order valence-corrected chi connectivity index (χ0v) is 17.1. The molecule has 1 amide bonds. The van der Waals surface area contributed by atoms with Crippen molar-refractivity contribution in [2.75, 3.05) is 10.0 Å². The summed E-state index contributed by atoms with van der Waals surface area (Å²) in [6, 6.07) is 13.9. The maximum Gasteiger partial charge on any atom is 0.264 e. The van der Waals surface area contributed by atoms with Crippen molar-refractivity contribution in [2.45, 2.75) is 18.7 Å². The number of sulfonamides is 1. The molecule has 1 aromatic heterocycles. The van der Waals surface area contributed by atoms with Crippen LogP contribution >= 0.6 is 0 Å². The Labute approximate surface area is 174 Å². The number of phenolic OH excluding ortho intramolecular Hbond substituents is 1. The molecule has 9 heteroatoms. The molecule has 30 heavy (non-hydrogen) atoms. The number of carbonyl (C=O) groups excluding carboxylic acids is 1. The van der Waals surface area contributed by atoms with Gasteiger partial charge >= 0.3 is 0 Å². The van der Waals surface area contributed by atoms with Crippen molar-refractivity contribution in [3.8, 4) is 5.75 Å². The van der Waals surface area contributed by atoms with Crippen molar-refractivity contribution < 1.29 is 18.3 Å². The Hall–Kier alpha value is -3.72. The van der Waals surface area contributed by atoms with E-state index >= 15 is 0 Å². The van der Waals surface area contributed by atoms with Gasteiger partial charge in [0.15, 0.2) is 0 Å². The SMILES string of the molecule is Cc1cc(C)nc(NS(=O)(=O)c2ccc(NC(=O)/C=C/c3ccc(O)cc3)cc2)n1. The summed E-state index contributed by atoms with van der Waals surface area (Å²) >= 11 is 0. The fourth-order valence-corrected chi connectivity index (χ4v) is 3.55. The summed E-state index contributed by atoms with van der Waals surface area (Å²) in [6.07, 6.45) is 2.94. The molecule has 0 radical (unpaired) electrons. The average molecular weight is 424 g/mol. The Morgan fingerprint density at radius 3 is 2.17 bits per heavy atom. The molecule has 0 bridgehead atoms. The summed E-state index contributed by atoms with van der Waals surface area (Å²) in [5.41, 5.74) is 2.50. The van der Waals surface area contributed by atoms with Crippen LogP contribution in [0.15, 0.2) is 65.6 Å². The molecule has 0 aliphatic heterocycles. The lowest BCUT2D eigenvalue weighted by atomic mass is 10.2. The molecule has 0 unspecified atom stereocenters. The molecule has 154 valence electrons. The number of aromatic hydroxyl groups is 1. The van der Waals surface area contributed by atoms with Crippen molar-refractivity contribution in [2.24, 2.45) is 0 Å². The number of carbonyl (C=O) groups is 1. The highest BCUT2D eigenvalue weighted by atomic mass is 32.2. The molecule has 0 aliphatic carbocycles. The molecule has 3 rings (SSSR count). The Kier molecular flexibility index (Phi) is 6.12. The van der Waals surface area contributed by atoms with E-state index in [1.807, 2.05) is 0 Å². The molecule has 3 N–H and O–H groups in total. The highest BCUT2D eigenvalue weighted by molar-refractivity contribution is 7.92. The summed E-state index contributed by atoms with van der Waals surface area (Å²) in [5.74, 6) is -0.227. The second-order valence-corrected chi connectivity index (χ2v) is 8.20. The van der Waals surface area contributed by atoms with E-state index in [1.165, 1.54) is 42.5 Å². The van der Waals surface area contributed by atoms with Crippen molar-refractivity contribution in [3.63, 3.8) is 0 Å². The Balaban J connectivity index is 1.66. The lowest BCUT2D eigenvalue weighted by molar-refractivity contribution is -0.111. The smallest absolute Gasteiger partial charge is 0.264 e. The van der Waals surface area contributed by atoms with E-state index in [9.17, 15) is 18.3 Å². The van der Waals surface area contributed by atoms with Crippen LogP contribution in [0.2, 0.25) is 0 Å². The first-order chi connectivity index (χ1) is 14.2. The van der Waals surface area contributed by atoms with E-state index in [0.29, 0.717) is 17.1 Å². The van der Waals surface area contributed by atoms with E-state index in [4.69, 9.17) is 0 Å². The number of anilines is 2. The van der Waals surface area contributed by atoms with Gasteiger partial charge in [-0.3, -0.25) is 4.79 Å². The third-order valence-electron chi connectivity index (χ3n) is 3.96. The summed E-state index contributed by atoms with van der Waals surface area (Å²) in [7, 11) is -3.86. The normalized spacial score (nSPS) is 11.4. The zero-order chi connectivity index (χ0) is 21.7. The second kappa shape index (κ2) is 8.75. The third-order valence-corrected chi connectivity index (χ3v) is 5.30. The topological polar surface area (TPSA) is 121 Å². The molecule has 0 saturated heterocycles. The number of hydrogen-bond donors (Lipinski definition) is 3. The minimum absolute atomic E-state index is 0.00393. The predicted molar refractivity (Wildman–Crippen MR) is 115 cm³/mol. The second-order valence-electron chi connectivity index (χ2n) is 6.52. The number of nitrogens with one attached hydrogen (secondary N) is 2. The predicted octanol–water partition coefficient (Wildman–Crippen LogP) is 3.25. The summed E-state index contributed by atoms with van der Waals surface area (Å²) in [5, 5.41) is 11.9. The fraction of sp³-hybridized carbons (Fsp3) is 0.0952. The first kappa shape index (κ1) is 21.0. The van der Waals surface area contributed by atoms with E-state index < -0.39 is 10.0 Å². The van der Waals surface area contributed by atoms with E-state index in [0.717, 1.165) is 5.56 Å². The van der Waals surface area contributed by atoms with Crippen LogP contribution in [0.25, 0.3) is 6.08 Å². The van der Waals surface area contributed by atoms with Crippen LogP contribution in [0.3, 0.4) is 0 Å². The standard InChI is InChI=1S/C21H20N4O4S/c1-14-13-15(2)23-21(22-14)25-30(28,29)19-10-6-17(7-11-19)24-20(27)12-5-16-3-8-18(26)9-4-16/h3-13,26H,1-2H3,(H,24,27)(H,22,23,25)/b12-5+. The van der Waals surface area contributed by atoms with Gasteiger partial charge in [-0.15, -0.1) is 0 Å². The lowest BCUT2D eigenvalue weighted by Gasteiger charge is -2.09. The Bertz CT molecular complexity index is 1170. The number of phenols is 1. The third kappa shape index (κ3) is 5.65. The number of nitrogens with zero attached hydrogens (tertiary/aromatic N) is 2. The lowest BCUT2D eigenvalue weighted by Crippen LogP contribution is -2.16. The molecule has 0 spiro atoms. The molecule has 0 atom stereocenters. The maximum atomic E-state index is 12.5. The van der Waals surface area contributed by atoms with E-state index in [-0.39, 0.29) is 22.5 Å². The van der Waals surface area contributed by atoms with Crippen LogP contribution in [0.4, 0.5) is 11.6 Å². The van der Waals surface area contributed by atoms with Crippen LogP contribution in [0.5, 0.6) is 5.75 Å². The van der Waals surface area contributed by atoms with E-state index in [2.05, 4.69) is 20.0 Å². The average Bonchev–Trinajstić information content (AvgIpc) is 2.67. The molecule has 0 saturated carbocycles. The molecule has 0 aliphatic rings. The highest BCUT2D eigenvalue weighted by Crippen LogP contribution is 2.17. The first-order valence-corrected chi connectivity index (χ1v) is 10.4. The number of hydrogen-bond acceptors (Lipinski definition) is 6. The van der Waals surface area contributed by atoms with Gasteiger partial charge in [0, 0.05) is 23.2 Å². The van der Waals surface area contributed by atoms with Crippen molar-refractivity contribution >= 4 is 33.6 Å². The largest absolute Gasteiger partial charge is 0.508 e. The van der Waals surface area contributed by atoms with Gasteiger partial charge in [0.1, 0.15) is 5.75 Å². The number of aryl methyl sites for hydroxylation is 2. The van der Waals surface area contributed by atoms with Crippen molar-refractivity contribution in [1.29, 1.82) is 0 Å². The van der Waals surface area contributed by atoms with Gasteiger partial charge in [0.25, 0.3) is 10.0 Å². The van der Waals surface area contributed by atoms with Gasteiger partial charge < -0.3 is 10.4 Å². The van der Waals surface area contributed by atoms with Crippen LogP contribution in [0, 0.1) is 13.8 Å². The molecule has 8 nitrogen and oxygen atoms in total. The van der Waals surface area contributed by atoms with Crippen LogP contribution in [-0.4, -0.2) is 29.4 Å². The van der Waals surface area contributed by atoms with Crippen LogP contribution < -0.4 is 10.0 Å². The maximum absolute atomic E-state index is 12.5. The molecule has 1 heterocycles. The van der Waals surface area contributed by atoms with Gasteiger partial charge in [0.2, 0.25) is 11.9 Å². The molecular weight excluding hydrogens is 404 g/mol. The number of rotatable bonds is 6. The number of aromatic nitrogens is 2. The summed E-state index contributed by atoms with van der Waals surface area (Å²) in [4.78, 5) is 20.2. The minimum Gasteiger partial charge on any atom is -0.508 e. The van der Waals surface area contributed by atoms with Crippen molar-refractivity contribution in [1.82, 2.24) is 9.97 Å². The first-order valence-electron chi connectivity index (χ1n) is 8.94. The molecule has 0 fully saturated rings. The van der Waals surface area contributed by atoms with Crippen molar-refractivity contribution in [3.05, 3.63) is 77.6 Å². The van der Waals surface area contributed by atoms with Crippen LogP contribution in [0.1, 0.15) is 17.0 Å². The quantitative estimate of drug-likeness (QED) is 0.522. The van der Waals surface area contributed by atoms with Gasteiger partial charge in [0.05, 0.1) is 4.90 Å². The highest BCUT2D eigenvalue weighted by Gasteiger charge is 2.16. The van der Waals surface area contributed by atoms with Gasteiger partial charge in [-0.05, 0) is 68.0 Å². The summed E-state index contributed by atoms with van der Waals surface area (Å²) < 4.78 is 27.4. The molecule has 2 aromatic carbocycles. The monoisotopic (exact) mass is 424 g/mol. The number of benzene rings is 2. The molecule has 3 aromatic rings. The summed E-state index contributed by atoms with van der Waals surface area (Å²) in [6.45, 7) is 3.50.